The molecule has 28 heavy (non-hydrogen) atoms. The zero-order chi connectivity index (χ0) is 19.8. The van der Waals surface area contributed by atoms with Gasteiger partial charge in [0.2, 0.25) is 0 Å². The molecule has 0 atom stereocenters. The summed E-state index contributed by atoms with van der Waals surface area (Å²) in [5.41, 5.74) is 0.769. The highest BCUT2D eigenvalue weighted by Crippen LogP contribution is 2.21. The second-order valence-corrected chi connectivity index (χ2v) is 7.16. The van der Waals surface area contributed by atoms with Crippen LogP contribution in [0.4, 0.5) is 5.69 Å². The van der Waals surface area contributed by atoms with Crippen molar-refractivity contribution in [1.82, 2.24) is 5.32 Å². The van der Waals surface area contributed by atoms with Crippen molar-refractivity contribution in [2.24, 2.45) is 0 Å². The smallest absolute Gasteiger partial charge is 0.331 e. The average Bonchev–Trinajstić information content (AvgIpc) is 3.51. The van der Waals surface area contributed by atoms with Gasteiger partial charge in [0.15, 0.2) is 6.61 Å². The third kappa shape index (κ3) is 6.28. The molecule has 0 unspecified atom stereocenters. The molecule has 0 aromatic heterocycles. The van der Waals surface area contributed by atoms with Gasteiger partial charge in [0, 0.05) is 17.0 Å². The van der Waals surface area contributed by atoms with Crippen LogP contribution < -0.4 is 10.6 Å². The molecule has 1 aliphatic carbocycles. The molecule has 0 saturated heterocycles. The van der Waals surface area contributed by atoms with Crippen molar-refractivity contribution in [3.8, 4) is 0 Å². The predicted octanol–water partition coefficient (Wildman–Crippen LogP) is 3.37. The lowest BCUT2D eigenvalue weighted by molar-refractivity contribution is -0.142. The van der Waals surface area contributed by atoms with Crippen LogP contribution in [0.2, 0.25) is 0 Å². The van der Waals surface area contributed by atoms with Gasteiger partial charge >= 0.3 is 5.97 Å². The lowest BCUT2D eigenvalue weighted by atomic mass is 10.1. The van der Waals surface area contributed by atoms with Gasteiger partial charge in [-0.1, -0.05) is 42.1 Å². The molecular weight excluding hydrogens is 376 g/mol. The molecule has 1 fully saturated rings. The van der Waals surface area contributed by atoms with Gasteiger partial charge < -0.3 is 15.4 Å². The summed E-state index contributed by atoms with van der Waals surface area (Å²) in [5, 5.41) is 7.10. The number of hydrogen-bond acceptors (Lipinski definition) is 5. The fourth-order valence-electron chi connectivity index (χ4n) is 2.32. The summed E-state index contributed by atoms with van der Waals surface area (Å²) in [7, 11) is 0. The molecule has 0 bridgehead atoms. The monoisotopic (exact) mass is 396 g/mol. The van der Waals surface area contributed by atoms with E-state index < -0.39 is 18.5 Å². The summed E-state index contributed by atoms with van der Waals surface area (Å²) in [4.78, 5) is 37.0. The highest BCUT2D eigenvalue weighted by molar-refractivity contribution is 8.02. The maximum absolute atomic E-state index is 12.2. The average molecular weight is 396 g/mol. The zero-order valence-corrected chi connectivity index (χ0v) is 15.9. The number of esters is 1. The summed E-state index contributed by atoms with van der Waals surface area (Å²) in [6, 6.07) is 16.5. The lowest BCUT2D eigenvalue weighted by Gasteiger charge is -2.11. The van der Waals surface area contributed by atoms with E-state index in [1.54, 1.807) is 29.7 Å². The topological polar surface area (TPSA) is 84.5 Å². The van der Waals surface area contributed by atoms with Gasteiger partial charge in [-0.05, 0) is 42.5 Å². The fourth-order valence-corrected chi connectivity index (χ4v) is 2.97. The number of para-hydroxylation sites is 1. The highest BCUT2D eigenvalue weighted by atomic mass is 32.2. The van der Waals surface area contributed by atoms with E-state index >= 15 is 0 Å². The first-order chi connectivity index (χ1) is 13.6. The minimum absolute atomic E-state index is 0.220. The number of rotatable bonds is 8. The van der Waals surface area contributed by atoms with E-state index in [9.17, 15) is 14.4 Å². The maximum atomic E-state index is 12.2. The molecule has 1 aliphatic rings. The predicted molar refractivity (Wildman–Crippen MR) is 108 cm³/mol. The second kappa shape index (κ2) is 9.75. The molecule has 0 aliphatic heterocycles. The molecule has 0 radical (unpaired) electrons. The summed E-state index contributed by atoms with van der Waals surface area (Å²) in [6.45, 7) is -0.433. The van der Waals surface area contributed by atoms with Crippen molar-refractivity contribution in [2.45, 2.75) is 23.8 Å². The van der Waals surface area contributed by atoms with Crippen molar-refractivity contribution >= 4 is 35.2 Å². The molecule has 2 aromatic rings. The first-order valence-corrected chi connectivity index (χ1v) is 9.74. The van der Waals surface area contributed by atoms with E-state index in [2.05, 4.69) is 10.6 Å². The van der Waals surface area contributed by atoms with E-state index in [-0.39, 0.29) is 11.9 Å². The second-order valence-electron chi connectivity index (χ2n) is 6.18. The molecule has 3 rings (SSSR count). The lowest BCUT2D eigenvalue weighted by Crippen LogP contribution is -2.27. The molecule has 0 spiro atoms. The molecular formula is C21H20N2O4S. The Balaban J connectivity index is 1.46. The molecule has 2 N–H and O–H groups in total. The van der Waals surface area contributed by atoms with Gasteiger partial charge in [-0.25, -0.2) is 4.79 Å². The standard InChI is InChI=1S/C21H20N2O4S/c24-19(14-27-20(25)12-13-28-16-6-2-1-3-7-16)23-18-9-5-4-8-17(18)21(26)22-15-10-11-15/h1-9,12-13,15H,10-11,14H2,(H,22,26)(H,23,24)/b13-12+. The number of ether oxygens (including phenoxy) is 1. The van der Waals surface area contributed by atoms with E-state index in [1.807, 2.05) is 30.3 Å². The first kappa shape index (κ1) is 19.7. The van der Waals surface area contributed by atoms with Gasteiger partial charge in [0.05, 0.1) is 11.3 Å². The Morgan fingerprint density at radius 2 is 1.75 bits per heavy atom. The number of nitrogens with one attached hydrogen (secondary N) is 2. The van der Waals surface area contributed by atoms with Gasteiger partial charge in [0.25, 0.3) is 11.8 Å². The molecule has 1 saturated carbocycles. The molecule has 2 aromatic carbocycles. The molecule has 0 heterocycles. The van der Waals surface area contributed by atoms with E-state index in [0.717, 1.165) is 17.7 Å². The van der Waals surface area contributed by atoms with Crippen molar-refractivity contribution in [3.05, 3.63) is 71.6 Å². The third-order valence-electron chi connectivity index (χ3n) is 3.86. The molecule has 2 amide bonds. The summed E-state index contributed by atoms with van der Waals surface area (Å²) in [6.07, 6.45) is 3.22. The van der Waals surface area contributed by atoms with Gasteiger partial charge in [0.1, 0.15) is 0 Å². The number of benzene rings is 2. The fraction of sp³-hybridized carbons (Fsp3) is 0.190. The Labute approximate surface area is 167 Å². The number of carbonyl (C=O) groups is 3. The van der Waals surface area contributed by atoms with Crippen LogP contribution in [0.5, 0.6) is 0 Å². The summed E-state index contributed by atoms with van der Waals surface area (Å²) in [5.74, 6) is -1.35. The van der Waals surface area contributed by atoms with Crippen LogP contribution in [0.1, 0.15) is 23.2 Å². The largest absolute Gasteiger partial charge is 0.452 e. The van der Waals surface area contributed by atoms with Crippen molar-refractivity contribution < 1.29 is 19.1 Å². The normalized spacial score (nSPS) is 13.1. The van der Waals surface area contributed by atoms with E-state index in [4.69, 9.17) is 4.74 Å². The minimum atomic E-state index is -0.613. The van der Waals surface area contributed by atoms with Crippen LogP contribution in [0, 0.1) is 0 Å². The summed E-state index contributed by atoms with van der Waals surface area (Å²) < 4.78 is 4.94. The van der Waals surface area contributed by atoms with Crippen LogP contribution >= 0.6 is 11.8 Å². The SMILES string of the molecule is O=C(COC(=O)/C=C/Sc1ccccc1)Nc1ccccc1C(=O)NC1CC1. The number of amides is 2. The van der Waals surface area contributed by atoms with Crippen molar-refractivity contribution in [1.29, 1.82) is 0 Å². The minimum Gasteiger partial charge on any atom is -0.452 e. The van der Waals surface area contributed by atoms with Gasteiger partial charge in [-0.3, -0.25) is 9.59 Å². The van der Waals surface area contributed by atoms with Crippen LogP contribution in [0.25, 0.3) is 0 Å². The van der Waals surface area contributed by atoms with E-state index in [0.29, 0.717) is 11.3 Å². The third-order valence-corrected chi connectivity index (χ3v) is 4.67. The van der Waals surface area contributed by atoms with E-state index in [1.165, 1.54) is 17.8 Å². The zero-order valence-electron chi connectivity index (χ0n) is 15.1. The first-order valence-electron chi connectivity index (χ1n) is 8.86. The number of anilines is 1. The number of thioether (sulfide) groups is 1. The highest BCUT2D eigenvalue weighted by Gasteiger charge is 2.25. The number of carbonyl (C=O) groups excluding carboxylic acids is 3. The Morgan fingerprint density at radius 1 is 1.04 bits per heavy atom. The Hall–Kier alpha value is -3.06. The Bertz CT molecular complexity index is 879. The molecule has 144 valence electrons. The van der Waals surface area contributed by atoms with Crippen LogP contribution in [-0.2, 0) is 14.3 Å². The molecule has 7 heteroatoms. The van der Waals surface area contributed by atoms with Gasteiger partial charge in [-0.15, -0.1) is 0 Å². The van der Waals surface area contributed by atoms with Crippen molar-refractivity contribution in [3.63, 3.8) is 0 Å². The van der Waals surface area contributed by atoms with Gasteiger partial charge in [-0.2, -0.15) is 0 Å². The van der Waals surface area contributed by atoms with Crippen LogP contribution in [-0.4, -0.2) is 30.4 Å². The van der Waals surface area contributed by atoms with Crippen LogP contribution in [0.3, 0.4) is 0 Å². The quantitative estimate of drug-likeness (QED) is 0.406. The Morgan fingerprint density at radius 3 is 2.50 bits per heavy atom. The molecule has 6 nitrogen and oxygen atoms in total. The summed E-state index contributed by atoms with van der Waals surface area (Å²) >= 11 is 1.37. The number of hydrogen-bond donors (Lipinski definition) is 2. The van der Waals surface area contributed by atoms with Crippen LogP contribution in [0.15, 0.2) is 71.0 Å². The maximum Gasteiger partial charge on any atom is 0.331 e. The van der Waals surface area contributed by atoms with Crippen molar-refractivity contribution in [2.75, 3.05) is 11.9 Å². The Kier molecular flexibility index (Phi) is 6.86.